The second-order valence-corrected chi connectivity index (χ2v) is 3.94. The van der Waals surface area contributed by atoms with Crippen LogP contribution < -0.4 is 9.26 Å². The lowest BCUT2D eigenvalue weighted by molar-refractivity contribution is 0.0145. The Bertz CT molecular complexity index is 154. The molecule has 4 unspecified atom stereocenters. The van der Waals surface area contributed by atoms with Gasteiger partial charge < -0.3 is 15.9 Å². The van der Waals surface area contributed by atoms with E-state index in [-0.39, 0.29) is 6.04 Å². The van der Waals surface area contributed by atoms with Crippen LogP contribution in [0.5, 0.6) is 0 Å². The number of hydrogen-bond donors (Lipinski definition) is 3. The molecule has 1 aliphatic rings. The summed E-state index contributed by atoms with van der Waals surface area (Å²) in [7, 11) is 0. The monoisotopic (exact) mass is 273 g/mol. The third-order valence-electron chi connectivity index (χ3n) is 2.39. The molecule has 0 spiro atoms. The SMILES string of the molecule is CC1(N)C(NI)CC([OH2+])C1O. The molecular weight excluding hydrogens is 259 g/mol. The molecule has 4 atom stereocenters. The number of hydrogen-bond acceptors (Lipinski definition) is 3. The first-order valence-corrected chi connectivity index (χ1v) is 4.62. The van der Waals surface area contributed by atoms with Crippen molar-refractivity contribution in [3.05, 3.63) is 0 Å². The van der Waals surface area contributed by atoms with Crippen LogP contribution in [0.15, 0.2) is 0 Å². The fourth-order valence-electron chi connectivity index (χ4n) is 1.44. The van der Waals surface area contributed by atoms with Gasteiger partial charge in [-0.15, -0.1) is 0 Å². The minimum Gasteiger partial charge on any atom is -0.441 e. The van der Waals surface area contributed by atoms with Crippen LogP contribution in [-0.2, 0) is 0 Å². The normalized spacial score (nSPS) is 51.5. The fourth-order valence-corrected chi connectivity index (χ4v) is 2.36. The lowest BCUT2D eigenvalue weighted by atomic mass is 9.96. The lowest BCUT2D eigenvalue weighted by Crippen LogP contribution is -2.56. The standard InChI is InChI=1S/C6H13IN2O2/c1-6(8)4(9-7)2-3(10)5(6)11/h3-5,9-11H,2,8H2,1H3/p+1. The van der Waals surface area contributed by atoms with E-state index in [1.54, 1.807) is 6.92 Å². The summed E-state index contributed by atoms with van der Waals surface area (Å²) in [6.45, 7) is 1.78. The molecule has 4 nitrogen and oxygen atoms in total. The average Bonchev–Trinajstić information content (AvgIpc) is 2.13. The van der Waals surface area contributed by atoms with Crippen LogP contribution in [0.2, 0.25) is 0 Å². The minimum atomic E-state index is -0.713. The van der Waals surface area contributed by atoms with E-state index >= 15 is 0 Å². The first-order valence-electron chi connectivity index (χ1n) is 3.54. The van der Waals surface area contributed by atoms with E-state index in [1.807, 2.05) is 22.9 Å². The van der Waals surface area contributed by atoms with E-state index in [0.717, 1.165) is 0 Å². The van der Waals surface area contributed by atoms with Gasteiger partial charge >= 0.3 is 0 Å². The summed E-state index contributed by atoms with van der Waals surface area (Å²) in [5.41, 5.74) is 5.17. The third-order valence-corrected chi connectivity index (χ3v) is 3.14. The molecule has 0 saturated heterocycles. The number of nitrogens with one attached hydrogen (secondary N) is 1. The van der Waals surface area contributed by atoms with Crippen LogP contribution in [-0.4, -0.2) is 34.0 Å². The highest BCUT2D eigenvalue weighted by atomic mass is 127. The Balaban J connectivity index is 2.74. The first-order chi connectivity index (χ1) is 5.00. The third kappa shape index (κ3) is 1.52. The van der Waals surface area contributed by atoms with E-state index in [1.165, 1.54) is 0 Å². The minimum absolute atomic E-state index is 0.0422. The van der Waals surface area contributed by atoms with Crippen molar-refractivity contribution in [2.75, 3.05) is 0 Å². The average molecular weight is 273 g/mol. The number of nitrogens with two attached hydrogens (primary N) is 1. The van der Waals surface area contributed by atoms with Crippen molar-refractivity contribution in [2.45, 2.75) is 37.1 Å². The van der Waals surface area contributed by atoms with Crippen molar-refractivity contribution in [3.63, 3.8) is 0 Å². The summed E-state index contributed by atoms with van der Waals surface area (Å²) in [6.07, 6.45) is -0.538. The van der Waals surface area contributed by atoms with Crippen LogP contribution in [0, 0.1) is 0 Å². The number of aliphatic hydroxyl groups is 1. The Morgan fingerprint density at radius 3 is 2.55 bits per heavy atom. The summed E-state index contributed by atoms with van der Waals surface area (Å²) >= 11 is 2.01. The smallest absolute Gasteiger partial charge is 0.183 e. The maximum atomic E-state index is 9.47. The molecule has 1 fully saturated rings. The Hall–Kier alpha value is 0.570. The van der Waals surface area contributed by atoms with Gasteiger partial charge in [0.15, 0.2) is 6.10 Å². The fraction of sp³-hybridized carbons (Fsp3) is 1.00. The van der Waals surface area contributed by atoms with Crippen molar-refractivity contribution in [1.82, 2.24) is 3.53 Å². The maximum Gasteiger partial charge on any atom is 0.183 e. The molecule has 1 aliphatic carbocycles. The van der Waals surface area contributed by atoms with E-state index in [9.17, 15) is 5.11 Å². The Labute approximate surface area is 79.7 Å². The van der Waals surface area contributed by atoms with Crippen LogP contribution in [0.4, 0.5) is 0 Å². The Morgan fingerprint density at radius 2 is 2.36 bits per heavy atom. The highest BCUT2D eigenvalue weighted by Gasteiger charge is 2.51. The topological polar surface area (TPSA) is 81.2 Å². The zero-order valence-corrected chi connectivity index (χ0v) is 8.50. The molecule has 1 saturated carbocycles. The zero-order chi connectivity index (χ0) is 8.65. The summed E-state index contributed by atoms with van der Waals surface area (Å²) in [5, 5.41) is 16.9. The first kappa shape index (κ1) is 9.66. The molecule has 6 N–H and O–H groups in total. The van der Waals surface area contributed by atoms with E-state index in [2.05, 4.69) is 3.53 Å². The van der Waals surface area contributed by atoms with Crippen molar-refractivity contribution in [1.29, 1.82) is 0 Å². The van der Waals surface area contributed by atoms with Gasteiger partial charge in [-0.3, -0.25) is 3.53 Å². The zero-order valence-electron chi connectivity index (χ0n) is 6.34. The Kier molecular flexibility index (Phi) is 2.75. The molecular formula is C6H14IN2O2+. The molecule has 11 heavy (non-hydrogen) atoms. The van der Waals surface area contributed by atoms with Crippen LogP contribution in [0.1, 0.15) is 13.3 Å². The molecule has 0 aromatic rings. The predicted octanol–water partition coefficient (Wildman–Crippen LogP) is -1.13. The van der Waals surface area contributed by atoms with Crippen molar-refractivity contribution < 1.29 is 10.2 Å². The van der Waals surface area contributed by atoms with Gasteiger partial charge in [0, 0.05) is 35.3 Å². The Morgan fingerprint density at radius 1 is 1.82 bits per heavy atom. The molecule has 66 valence electrons. The quantitative estimate of drug-likeness (QED) is 0.321. The van der Waals surface area contributed by atoms with Crippen molar-refractivity contribution in [2.24, 2.45) is 5.73 Å². The van der Waals surface area contributed by atoms with Gasteiger partial charge in [0.25, 0.3) is 0 Å². The molecule has 0 radical (unpaired) electrons. The van der Waals surface area contributed by atoms with E-state index < -0.39 is 17.7 Å². The summed E-state index contributed by atoms with van der Waals surface area (Å²) < 4.78 is 2.98. The van der Waals surface area contributed by atoms with Gasteiger partial charge in [0.05, 0.1) is 5.54 Å². The number of rotatable bonds is 1. The van der Waals surface area contributed by atoms with Gasteiger partial charge in [0.2, 0.25) is 0 Å². The molecule has 5 heteroatoms. The van der Waals surface area contributed by atoms with Crippen molar-refractivity contribution >= 4 is 22.9 Å². The van der Waals surface area contributed by atoms with Gasteiger partial charge in [0.1, 0.15) is 6.10 Å². The van der Waals surface area contributed by atoms with Gasteiger partial charge in [-0.25, -0.2) is 0 Å². The second-order valence-electron chi connectivity index (χ2n) is 3.31. The van der Waals surface area contributed by atoms with E-state index in [4.69, 9.17) is 10.8 Å². The van der Waals surface area contributed by atoms with Crippen molar-refractivity contribution in [3.8, 4) is 0 Å². The van der Waals surface area contributed by atoms with Gasteiger partial charge in [-0.1, -0.05) is 0 Å². The summed E-state index contributed by atoms with van der Waals surface area (Å²) in [4.78, 5) is 0. The largest absolute Gasteiger partial charge is 0.441 e. The summed E-state index contributed by atoms with van der Waals surface area (Å²) in [5.74, 6) is 0. The lowest BCUT2D eigenvalue weighted by Gasteiger charge is -2.27. The summed E-state index contributed by atoms with van der Waals surface area (Å²) in [6, 6.07) is 0.0422. The molecule has 0 bridgehead atoms. The molecule has 0 amide bonds. The molecule has 0 aromatic carbocycles. The van der Waals surface area contributed by atoms with Crippen LogP contribution >= 0.6 is 22.9 Å². The second kappa shape index (κ2) is 3.14. The van der Waals surface area contributed by atoms with Gasteiger partial charge in [-0.05, 0) is 6.92 Å². The van der Waals surface area contributed by atoms with Gasteiger partial charge in [-0.2, -0.15) is 0 Å². The van der Waals surface area contributed by atoms with E-state index in [0.29, 0.717) is 6.42 Å². The molecule has 0 aliphatic heterocycles. The van der Waals surface area contributed by atoms with Crippen LogP contribution in [0.25, 0.3) is 0 Å². The number of aliphatic hydroxyl groups excluding tert-OH is 1. The molecule has 0 heterocycles. The highest BCUT2D eigenvalue weighted by Crippen LogP contribution is 2.28. The molecule has 1 rings (SSSR count). The molecule has 0 aromatic heterocycles. The maximum absolute atomic E-state index is 9.47. The number of halogens is 1. The highest BCUT2D eigenvalue weighted by molar-refractivity contribution is 14.1. The van der Waals surface area contributed by atoms with Crippen LogP contribution in [0.3, 0.4) is 0 Å². The predicted molar refractivity (Wildman–Crippen MR) is 51.6 cm³/mol.